The SMILES string of the molecule is COC(=O)c1nn(C)cc1NC(=O)c1cc(S(=O)(=O)N2CCCCC2)c(Cl)cc1Cl. The van der Waals surface area contributed by atoms with E-state index in [4.69, 9.17) is 23.2 Å². The maximum Gasteiger partial charge on any atom is 0.360 e. The van der Waals surface area contributed by atoms with Crippen molar-refractivity contribution in [3.63, 3.8) is 0 Å². The van der Waals surface area contributed by atoms with Gasteiger partial charge in [-0.2, -0.15) is 9.40 Å². The minimum atomic E-state index is -3.89. The molecule has 1 aliphatic rings. The quantitative estimate of drug-likeness (QED) is 0.666. The molecule has 2 aromatic rings. The number of carbonyl (C=O) groups excluding carboxylic acids is 2. The third-order valence-electron chi connectivity index (χ3n) is 4.65. The number of hydrogen-bond acceptors (Lipinski definition) is 6. The Bertz CT molecular complexity index is 1090. The molecule has 1 aliphatic heterocycles. The minimum absolute atomic E-state index is 0.0291. The number of nitrogens with one attached hydrogen (secondary N) is 1. The summed E-state index contributed by atoms with van der Waals surface area (Å²) >= 11 is 12.3. The first-order chi connectivity index (χ1) is 14.1. The number of aromatic nitrogens is 2. The van der Waals surface area contributed by atoms with Crippen LogP contribution < -0.4 is 5.32 Å². The summed E-state index contributed by atoms with van der Waals surface area (Å²) in [5.41, 5.74) is -0.100. The third-order valence-corrected chi connectivity index (χ3v) is 7.33. The zero-order valence-corrected chi connectivity index (χ0v) is 18.6. The van der Waals surface area contributed by atoms with Crippen LogP contribution >= 0.6 is 23.2 Å². The summed E-state index contributed by atoms with van der Waals surface area (Å²) in [7, 11) is -1.13. The van der Waals surface area contributed by atoms with Crippen molar-refractivity contribution in [1.29, 1.82) is 0 Å². The maximum atomic E-state index is 13.0. The van der Waals surface area contributed by atoms with Gasteiger partial charge in [0.2, 0.25) is 10.0 Å². The van der Waals surface area contributed by atoms with Crippen LogP contribution in [0.25, 0.3) is 0 Å². The fourth-order valence-corrected chi connectivity index (χ4v) is 5.51. The summed E-state index contributed by atoms with van der Waals surface area (Å²) in [6.07, 6.45) is 3.89. The summed E-state index contributed by atoms with van der Waals surface area (Å²) < 4.78 is 33.4. The molecule has 0 radical (unpaired) electrons. The highest BCUT2D eigenvalue weighted by Crippen LogP contribution is 2.32. The van der Waals surface area contributed by atoms with Gasteiger partial charge in [-0.05, 0) is 25.0 Å². The summed E-state index contributed by atoms with van der Waals surface area (Å²) in [6.45, 7) is 0.780. The Morgan fingerprint density at radius 1 is 1.13 bits per heavy atom. The van der Waals surface area contributed by atoms with E-state index in [0.29, 0.717) is 13.1 Å². The van der Waals surface area contributed by atoms with E-state index in [0.717, 1.165) is 25.3 Å². The van der Waals surface area contributed by atoms with Crippen LogP contribution in [0.2, 0.25) is 10.0 Å². The molecule has 0 unspecified atom stereocenters. The van der Waals surface area contributed by atoms with Gasteiger partial charge in [0, 0.05) is 26.3 Å². The van der Waals surface area contributed by atoms with Crippen molar-refractivity contribution < 1.29 is 22.7 Å². The Kier molecular flexibility index (Phi) is 6.71. The molecule has 162 valence electrons. The van der Waals surface area contributed by atoms with Crippen LogP contribution in [-0.2, 0) is 21.8 Å². The topological polar surface area (TPSA) is 111 Å². The lowest BCUT2D eigenvalue weighted by Gasteiger charge is -2.26. The average molecular weight is 475 g/mol. The Balaban J connectivity index is 1.96. The summed E-state index contributed by atoms with van der Waals surface area (Å²) in [5.74, 6) is -1.45. The van der Waals surface area contributed by atoms with Crippen molar-refractivity contribution in [1.82, 2.24) is 14.1 Å². The molecule has 12 heteroatoms. The molecule has 30 heavy (non-hydrogen) atoms. The molecule has 0 bridgehead atoms. The largest absolute Gasteiger partial charge is 0.464 e. The molecule has 1 aromatic carbocycles. The van der Waals surface area contributed by atoms with Crippen LogP contribution in [0, 0.1) is 0 Å². The van der Waals surface area contributed by atoms with Crippen molar-refractivity contribution in [3.8, 4) is 0 Å². The lowest BCUT2D eigenvalue weighted by Crippen LogP contribution is -2.35. The van der Waals surface area contributed by atoms with Gasteiger partial charge in [-0.3, -0.25) is 9.48 Å². The normalized spacial score (nSPS) is 15.1. The van der Waals surface area contributed by atoms with Crippen LogP contribution in [0.3, 0.4) is 0 Å². The number of benzene rings is 1. The molecule has 1 N–H and O–H groups in total. The van der Waals surface area contributed by atoms with Crippen molar-refractivity contribution >= 4 is 50.8 Å². The zero-order valence-electron chi connectivity index (χ0n) is 16.3. The second-order valence-electron chi connectivity index (χ2n) is 6.74. The summed E-state index contributed by atoms with van der Waals surface area (Å²) in [6, 6.07) is 2.37. The number of amides is 1. The van der Waals surface area contributed by atoms with Crippen LogP contribution in [-0.4, -0.2) is 54.6 Å². The summed E-state index contributed by atoms with van der Waals surface area (Å²) in [4.78, 5) is 24.5. The predicted molar refractivity (Wildman–Crippen MR) is 112 cm³/mol. The van der Waals surface area contributed by atoms with Gasteiger partial charge in [0.25, 0.3) is 5.91 Å². The molecule has 0 saturated carbocycles. The molecule has 9 nitrogen and oxygen atoms in total. The molecule has 0 atom stereocenters. The molecular weight excluding hydrogens is 455 g/mol. The monoisotopic (exact) mass is 474 g/mol. The van der Waals surface area contributed by atoms with E-state index in [1.807, 2.05) is 0 Å². The molecule has 1 saturated heterocycles. The molecule has 1 fully saturated rings. The minimum Gasteiger partial charge on any atom is -0.464 e. The lowest BCUT2D eigenvalue weighted by atomic mass is 10.2. The maximum absolute atomic E-state index is 13.0. The summed E-state index contributed by atoms with van der Waals surface area (Å²) in [5, 5.41) is 6.38. The van der Waals surface area contributed by atoms with Crippen molar-refractivity contribution in [2.24, 2.45) is 7.05 Å². The number of methoxy groups -OCH3 is 1. The first kappa shape index (κ1) is 22.5. The van der Waals surface area contributed by atoms with Gasteiger partial charge in [-0.25, -0.2) is 13.2 Å². The Morgan fingerprint density at radius 3 is 2.43 bits per heavy atom. The number of aryl methyl sites for hydroxylation is 1. The third kappa shape index (κ3) is 4.46. The van der Waals surface area contributed by atoms with E-state index in [2.05, 4.69) is 15.2 Å². The van der Waals surface area contributed by atoms with Gasteiger partial charge in [-0.15, -0.1) is 0 Å². The van der Waals surface area contributed by atoms with E-state index >= 15 is 0 Å². The van der Waals surface area contributed by atoms with E-state index < -0.39 is 21.9 Å². The van der Waals surface area contributed by atoms with Crippen molar-refractivity contribution in [2.75, 3.05) is 25.5 Å². The number of ether oxygens (including phenoxy) is 1. The standard InChI is InChI=1S/C18H20Cl2N4O5S/c1-23-10-14(16(22-23)18(26)29-2)21-17(25)11-8-15(13(20)9-12(11)19)30(27,28)24-6-4-3-5-7-24/h8-10H,3-7H2,1-2H3,(H,21,25). The molecule has 1 aromatic heterocycles. The average Bonchev–Trinajstić information content (AvgIpc) is 3.07. The van der Waals surface area contributed by atoms with Crippen LogP contribution in [0.15, 0.2) is 23.2 Å². The fraction of sp³-hybridized carbons (Fsp3) is 0.389. The Hall–Kier alpha value is -2.14. The van der Waals surface area contributed by atoms with Gasteiger partial charge in [0.15, 0.2) is 5.69 Å². The van der Waals surface area contributed by atoms with E-state index in [1.165, 1.54) is 28.4 Å². The number of piperidine rings is 1. The Labute approximate surface area is 183 Å². The number of carbonyl (C=O) groups is 2. The van der Waals surface area contributed by atoms with Gasteiger partial charge in [0.05, 0.1) is 28.4 Å². The highest BCUT2D eigenvalue weighted by Gasteiger charge is 2.30. The van der Waals surface area contributed by atoms with Gasteiger partial charge in [-0.1, -0.05) is 29.6 Å². The van der Waals surface area contributed by atoms with Gasteiger partial charge in [0.1, 0.15) is 4.90 Å². The molecule has 1 amide bonds. The number of halogens is 2. The molecular formula is C18H20Cl2N4O5S. The second-order valence-corrected chi connectivity index (χ2v) is 9.46. The smallest absolute Gasteiger partial charge is 0.360 e. The van der Waals surface area contributed by atoms with Gasteiger partial charge >= 0.3 is 5.97 Å². The van der Waals surface area contributed by atoms with E-state index in [1.54, 1.807) is 7.05 Å². The fourth-order valence-electron chi connectivity index (χ4n) is 3.16. The highest BCUT2D eigenvalue weighted by atomic mass is 35.5. The predicted octanol–water partition coefficient (Wildman–Crippen LogP) is 2.94. The van der Waals surface area contributed by atoms with E-state index in [9.17, 15) is 18.0 Å². The molecule has 0 aliphatic carbocycles. The number of nitrogens with zero attached hydrogens (tertiary/aromatic N) is 3. The highest BCUT2D eigenvalue weighted by molar-refractivity contribution is 7.89. The molecule has 3 rings (SSSR count). The first-order valence-electron chi connectivity index (χ1n) is 9.07. The van der Waals surface area contributed by atoms with Crippen LogP contribution in [0.1, 0.15) is 40.1 Å². The molecule has 0 spiro atoms. The van der Waals surface area contributed by atoms with Crippen LogP contribution in [0.5, 0.6) is 0 Å². The number of anilines is 1. The number of rotatable bonds is 5. The lowest BCUT2D eigenvalue weighted by molar-refractivity contribution is 0.0594. The number of sulfonamides is 1. The van der Waals surface area contributed by atoms with Crippen molar-refractivity contribution in [3.05, 3.63) is 39.6 Å². The number of hydrogen-bond donors (Lipinski definition) is 1. The number of esters is 1. The van der Waals surface area contributed by atoms with Crippen molar-refractivity contribution in [2.45, 2.75) is 24.2 Å². The first-order valence-corrected chi connectivity index (χ1v) is 11.3. The van der Waals surface area contributed by atoms with Gasteiger partial charge < -0.3 is 10.1 Å². The second kappa shape index (κ2) is 8.93. The van der Waals surface area contributed by atoms with Crippen LogP contribution in [0.4, 0.5) is 5.69 Å². The van der Waals surface area contributed by atoms with E-state index in [-0.39, 0.29) is 31.9 Å². The Morgan fingerprint density at radius 2 is 1.80 bits per heavy atom. The molecule has 2 heterocycles. The zero-order chi connectivity index (χ0) is 22.1.